The fourth-order valence-corrected chi connectivity index (χ4v) is 4.19. The van der Waals surface area contributed by atoms with Crippen LogP contribution < -0.4 is 22.1 Å². The van der Waals surface area contributed by atoms with Crippen molar-refractivity contribution in [3.05, 3.63) is 35.9 Å². The minimum absolute atomic E-state index is 0.00952. The predicted molar refractivity (Wildman–Crippen MR) is 131 cm³/mol. The summed E-state index contributed by atoms with van der Waals surface area (Å²) in [6, 6.07) is 5.62. The summed E-state index contributed by atoms with van der Waals surface area (Å²) >= 11 is 4.18. The van der Waals surface area contributed by atoms with Gasteiger partial charge in [0.05, 0.1) is 6.04 Å². The van der Waals surface area contributed by atoms with E-state index in [1.54, 1.807) is 0 Å². The third-order valence-corrected chi connectivity index (χ3v) is 6.20. The molecule has 10 nitrogen and oxygen atoms in total. The van der Waals surface area contributed by atoms with Crippen molar-refractivity contribution in [2.75, 3.05) is 18.8 Å². The van der Waals surface area contributed by atoms with Crippen LogP contribution in [0.15, 0.2) is 30.3 Å². The Morgan fingerprint density at radius 1 is 1.09 bits per heavy atom. The van der Waals surface area contributed by atoms with Gasteiger partial charge in [0.2, 0.25) is 17.7 Å². The molecular weight excluding hydrogens is 458 g/mol. The molecule has 1 aliphatic rings. The molecule has 1 aromatic rings. The molecule has 188 valence electrons. The fourth-order valence-electron chi connectivity index (χ4n) is 3.95. The van der Waals surface area contributed by atoms with E-state index < -0.39 is 47.9 Å². The lowest BCUT2D eigenvalue weighted by atomic mass is 10.0. The van der Waals surface area contributed by atoms with Crippen LogP contribution >= 0.6 is 12.6 Å². The summed E-state index contributed by atoms with van der Waals surface area (Å²) in [7, 11) is 0. The normalized spacial score (nSPS) is 18.1. The quantitative estimate of drug-likeness (QED) is 0.161. The number of nitrogens with one attached hydrogen (secondary N) is 2. The van der Waals surface area contributed by atoms with E-state index in [2.05, 4.69) is 23.3 Å². The average molecular weight is 494 g/mol. The van der Waals surface area contributed by atoms with Crippen LogP contribution in [-0.4, -0.2) is 76.7 Å². The van der Waals surface area contributed by atoms with Gasteiger partial charge in [-0.25, -0.2) is 4.79 Å². The number of carbonyl (C=O) groups is 4. The molecule has 1 heterocycles. The lowest BCUT2D eigenvalue weighted by Crippen LogP contribution is -2.57. The molecule has 1 aliphatic heterocycles. The zero-order chi connectivity index (χ0) is 25.1. The van der Waals surface area contributed by atoms with Crippen LogP contribution in [0.5, 0.6) is 0 Å². The van der Waals surface area contributed by atoms with Crippen molar-refractivity contribution in [1.82, 2.24) is 15.5 Å². The number of carboxylic acids is 1. The first kappa shape index (κ1) is 27.6. The number of nitrogens with two attached hydrogens (primary N) is 2. The molecular formula is C23H35N5O5S. The van der Waals surface area contributed by atoms with Crippen molar-refractivity contribution in [3.63, 3.8) is 0 Å². The molecule has 4 unspecified atom stereocenters. The van der Waals surface area contributed by atoms with Gasteiger partial charge in [0.25, 0.3) is 0 Å². The van der Waals surface area contributed by atoms with Gasteiger partial charge >= 0.3 is 5.97 Å². The first-order chi connectivity index (χ1) is 16.3. The van der Waals surface area contributed by atoms with Crippen molar-refractivity contribution < 1.29 is 24.3 Å². The highest BCUT2D eigenvalue weighted by Crippen LogP contribution is 2.19. The largest absolute Gasteiger partial charge is 0.480 e. The van der Waals surface area contributed by atoms with Gasteiger partial charge in [0.15, 0.2) is 0 Å². The van der Waals surface area contributed by atoms with Crippen molar-refractivity contribution in [2.45, 2.75) is 62.7 Å². The molecule has 1 fully saturated rings. The zero-order valence-electron chi connectivity index (χ0n) is 19.2. The highest BCUT2D eigenvalue weighted by Gasteiger charge is 2.38. The maximum atomic E-state index is 13.0. The highest BCUT2D eigenvalue weighted by atomic mass is 32.1. The SMILES string of the molecule is NCCCCC(NC(=O)C(N)Cc1ccccc1)C(=O)NC(CS)C(=O)N1CCCC1C(=O)O. The fraction of sp³-hybridized carbons (Fsp3) is 0.565. The van der Waals surface area contributed by atoms with E-state index in [-0.39, 0.29) is 5.75 Å². The Balaban J connectivity index is 2.04. The predicted octanol–water partition coefficient (Wildman–Crippen LogP) is -0.340. The summed E-state index contributed by atoms with van der Waals surface area (Å²) in [6.45, 7) is 0.750. The number of rotatable bonds is 13. The first-order valence-electron chi connectivity index (χ1n) is 11.5. The summed E-state index contributed by atoms with van der Waals surface area (Å²) in [5.41, 5.74) is 12.5. The van der Waals surface area contributed by atoms with Crippen LogP contribution in [-0.2, 0) is 25.6 Å². The third kappa shape index (κ3) is 8.00. The molecule has 3 amide bonds. The molecule has 11 heteroatoms. The maximum absolute atomic E-state index is 13.0. The molecule has 34 heavy (non-hydrogen) atoms. The zero-order valence-corrected chi connectivity index (χ0v) is 20.1. The van der Waals surface area contributed by atoms with E-state index in [0.29, 0.717) is 51.6 Å². The molecule has 0 radical (unpaired) electrons. The number of carboxylic acid groups (broad SMARTS) is 1. The van der Waals surface area contributed by atoms with Gasteiger partial charge in [0, 0.05) is 12.3 Å². The van der Waals surface area contributed by atoms with Crippen LogP contribution in [0.2, 0.25) is 0 Å². The molecule has 2 rings (SSSR count). The second-order valence-corrected chi connectivity index (χ2v) is 8.78. The van der Waals surface area contributed by atoms with E-state index in [9.17, 15) is 24.3 Å². The smallest absolute Gasteiger partial charge is 0.326 e. The van der Waals surface area contributed by atoms with E-state index in [4.69, 9.17) is 11.5 Å². The molecule has 0 spiro atoms. The number of unbranched alkanes of at least 4 members (excludes halogenated alkanes) is 1. The Morgan fingerprint density at radius 3 is 2.38 bits per heavy atom. The second kappa shape index (κ2) is 13.9. The number of benzene rings is 1. The maximum Gasteiger partial charge on any atom is 0.326 e. The number of hydrogen-bond acceptors (Lipinski definition) is 7. The van der Waals surface area contributed by atoms with E-state index in [1.165, 1.54) is 4.90 Å². The van der Waals surface area contributed by atoms with E-state index in [0.717, 1.165) is 5.56 Å². The second-order valence-electron chi connectivity index (χ2n) is 8.41. The first-order valence-corrected chi connectivity index (χ1v) is 12.2. The van der Waals surface area contributed by atoms with Gasteiger partial charge in [0.1, 0.15) is 18.1 Å². The van der Waals surface area contributed by atoms with Crippen molar-refractivity contribution in [3.8, 4) is 0 Å². The van der Waals surface area contributed by atoms with Crippen molar-refractivity contribution >= 4 is 36.3 Å². The number of aliphatic carboxylic acids is 1. The van der Waals surface area contributed by atoms with Crippen LogP contribution in [0.25, 0.3) is 0 Å². The molecule has 1 aromatic carbocycles. The number of likely N-dealkylation sites (tertiary alicyclic amines) is 1. The lowest BCUT2D eigenvalue weighted by Gasteiger charge is -2.28. The molecule has 0 aliphatic carbocycles. The average Bonchev–Trinajstić information content (AvgIpc) is 3.32. The molecule has 0 saturated carbocycles. The van der Waals surface area contributed by atoms with Crippen LogP contribution in [0, 0.1) is 0 Å². The Hall–Kier alpha value is -2.63. The van der Waals surface area contributed by atoms with Crippen molar-refractivity contribution in [1.29, 1.82) is 0 Å². The number of thiol groups is 1. The van der Waals surface area contributed by atoms with Gasteiger partial charge in [-0.05, 0) is 50.6 Å². The Labute approximate surface area is 205 Å². The summed E-state index contributed by atoms with van der Waals surface area (Å²) in [4.78, 5) is 51.4. The Bertz CT molecular complexity index is 840. The molecule has 0 aromatic heterocycles. The van der Waals surface area contributed by atoms with Gasteiger partial charge < -0.3 is 32.1 Å². The number of nitrogens with zero attached hydrogens (tertiary/aromatic N) is 1. The molecule has 0 bridgehead atoms. The van der Waals surface area contributed by atoms with E-state index >= 15 is 0 Å². The standard InChI is InChI=1S/C23H35N5O5S/c24-11-5-4-9-17(26-20(29)16(25)13-15-7-2-1-3-8-15)21(30)27-18(14-34)22(31)28-12-6-10-19(28)23(32)33/h1-3,7-8,16-19,34H,4-6,9-14,24-25H2,(H,26,29)(H,27,30)(H,32,33). The van der Waals surface area contributed by atoms with Crippen LogP contribution in [0.3, 0.4) is 0 Å². The summed E-state index contributed by atoms with van der Waals surface area (Å²) in [6.07, 6.45) is 2.83. The molecule has 4 atom stereocenters. The minimum Gasteiger partial charge on any atom is -0.480 e. The van der Waals surface area contributed by atoms with Crippen LogP contribution in [0.4, 0.5) is 0 Å². The summed E-state index contributed by atoms with van der Waals surface area (Å²) < 4.78 is 0. The van der Waals surface area contributed by atoms with Gasteiger partial charge in [-0.3, -0.25) is 14.4 Å². The Morgan fingerprint density at radius 2 is 1.76 bits per heavy atom. The number of carbonyl (C=O) groups excluding carboxylic acids is 3. The summed E-state index contributed by atoms with van der Waals surface area (Å²) in [5, 5.41) is 14.7. The summed E-state index contributed by atoms with van der Waals surface area (Å²) in [5.74, 6) is -2.60. The Kier molecular flexibility index (Phi) is 11.3. The molecule has 1 saturated heterocycles. The minimum atomic E-state index is -1.07. The van der Waals surface area contributed by atoms with Gasteiger partial charge in [-0.1, -0.05) is 30.3 Å². The number of hydrogen-bond donors (Lipinski definition) is 6. The lowest BCUT2D eigenvalue weighted by molar-refractivity contribution is -0.149. The highest BCUT2D eigenvalue weighted by molar-refractivity contribution is 7.80. The third-order valence-electron chi connectivity index (χ3n) is 5.83. The van der Waals surface area contributed by atoms with E-state index in [1.807, 2.05) is 30.3 Å². The topological polar surface area (TPSA) is 168 Å². The van der Waals surface area contributed by atoms with Gasteiger partial charge in [-0.2, -0.15) is 12.6 Å². The van der Waals surface area contributed by atoms with Gasteiger partial charge in [-0.15, -0.1) is 0 Å². The van der Waals surface area contributed by atoms with Crippen LogP contribution in [0.1, 0.15) is 37.7 Å². The monoisotopic (exact) mass is 493 g/mol. The number of amides is 3. The van der Waals surface area contributed by atoms with Crippen molar-refractivity contribution in [2.24, 2.45) is 11.5 Å². The molecule has 7 N–H and O–H groups in total.